The molecule has 0 spiro atoms. The number of piperidine rings is 1. The van der Waals surface area contributed by atoms with E-state index in [2.05, 4.69) is 10.3 Å². The third kappa shape index (κ3) is 4.02. The average molecular weight is 398 g/mol. The van der Waals surface area contributed by atoms with Crippen molar-refractivity contribution < 1.29 is 14.3 Å². The van der Waals surface area contributed by atoms with Crippen molar-refractivity contribution in [2.75, 3.05) is 6.54 Å². The molecular weight excluding hydrogens is 378 g/mol. The molecule has 1 amide bonds. The van der Waals surface area contributed by atoms with Gasteiger partial charge in [-0.3, -0.25) is 9.59 Å². The number of benzene rings is 2. The van der Waals surface area contributed by atoms with E-state index < -0.39 is 0 Å². The Kier molecular flexibility index (Phi) is 5.30. The molecule has 1 aliphatic heterocycles. The van der Waals surface area contributed by atoms with E-state index in [1.807, 2.05) is 47.0 Å². The van der Waals surface area contributed by atoms with Crippen LogP contribution < -0.4 is 5.32 Å². The lowest BCUT2D eigenvalue weighted by molar-refractivity contribution is -0.151. The number of esters is 1. The summed E-state index contributed by atoms with van der Waals surface area (Å²) in [6.45, 7) is 1.02. The third-order valence-electron chi connectivity index (χ3n) is 4.92. The molecule has 0 saturated carbocycles. The number of imidazole rings is 1. The van der Waals surface area contributed by atoms with Crippen molar-refractivity contribution >= 4 is 34.5 Å². The Labute approximate surface area is 167 Å². The SMILES string of the molecule is O=C1CC[C@H](C(=O)OCc2nc3cc(Cl)ccc3n2Cc2ccccc2)CN1. The predicted octanol–water partition coefficient (Wildman–Crippen LogP) is 3.31. The minimum Gasteiger partial charge on any atom is -0.457 e. The van der Waals surface area contributed by atoms with Gasteiger partial charge in [0.25, 0.3) is 0 Å². The topological polar surface area (TPSA) is 73.2 Å². The summed E-state index contributed by atoms with van der Waals surface area (Å²) in [4.78, 5) is 28.3. The highest BCUT2D eigenvalue weighted by molar-refractivity contribution is 6.31. The summed E-state index contributed by atoms with van der Waals surface area (Å²) in [5.74, 6) is 0.0235. The molecule has 1 aromatic heterocycles. The summed E-state index contributed by atoms with van der Waals surface area (Å²) < 4.78 is 7.57. The monoisotopic (exact) mass is 397 g/mol. The largest absolute Gasteiger partial charge is 0.457 e. The Hall–Kier alpha value is -2.86. The van der Waals surface area contributed by atoms with Gasteiger partial charge in [0.05, 0.1) is 17.0 Å². The molecule has 0 unspecified atom stereocenters. The molecule has 1 fully saturated rings. The second kappa shape index (κ2) is 8.02. The number of carbonyl (C=O) groups excluding carboxylic acids is 2. The Morgan fingerprint density at radius 1 is 1.25 bits per heavy atom. The van der Waals surface area contributed by atoms with Gasteiger partial charge in [0, 0.05) is 24.5 Å². The first-order chi connectivity index (χ1) is 13.6. The second-order valence-electron chi connectivity index (χ2n) is 6.88. The van der Waals surface area contributed by atoms with Crippen molar-refractivity contribution in [1.29, 1.82) is 0 Å². The van der Waals surface area contributed by atoms with Crippen LogP contribution in [-0.2, 0) is 27.5 Å². The minimum atomic E-state index is -0.309. The molecule has 0 radical (unpaired) electrons. The predicted molar refractivity (Wildman–Crippen MR) is 106 cm³/mol. The van der Waals surface area contributed by atoms with Crippen LogP contribution in [0.25, 0.3) is 11.0 Å². The molecule has 3 aromatic rings. The summed E-state index contributed by atoms with van der Waals surface area (Å²) in [6.07, 6.45) is 0.867. The molecule has 144 valence electrons. The number of hydrogen-bond acceptors (Lipinski definition) is 4. The molecule has 1 N–H and O–H groups in total. The summed E-state index contributed by atoms with van der Waals surface area (Å²) in [5, 5.41) is 3.32. The van der Waals surface area contributed by atoms with Gasteiger partial charge in [0.15, 0.2) is 0 Å². The molecule has 1 atom stereocenters. The number of fused-ring (bicyclic) bond motifs is 1. The number of aromatic nitrogens is 2. The maximum atomic E-state index is 12.4. The van der Waals surface area contributed by atoms with Gasteiger partial charge in [-0.15, -0.1) is 0 Å². The number of nitrogens with one attached hydrogen (secondary N) is 1. The van der Waals surface area contributed by atoms with Crippen LogP contribution in [0.15, 0.2) is 48.5 Å². The normalized spacial score (nSPS) is 16.8. The van der Waals surface area contributed by atoms with Gasteiger partial charge >= 0.3 is 5.97 Å². The average Bonchev–Trinajstić information content (AvgIpc) is 3.04. The van der Waals surface area contributed by atoms with Gasteiger partial charge in [-0.2, -0.15) is 0 Å². The third-order valence-corrected chi connectivity index (χ3v) is 5.15. The molecule has 2 aromatic carbocycles. The van der Waals surface area contributed by atoms with E-state index in [4.69, 9.17) is 16.3 Å². The highest BCUT2D eigenvalue weighted by Crippen LogP contribution is 2.23. The van der Waals surface area contributed by atoms with Crippen molar-refractivity contribution in [3.63, 3.8) is 0 Å². The maximum absolute atomic E-state index is 12.4. The van der Waals surface area contributed by atoms with Crippen LogP contribution in [0.5, 0.6) is 0 Å². The first-order valence-corrected chi connectivity index (χ1v) is 9.60. The number of amides is 1. The van der Waals surface area contributed by atoms with Crippen LogP contribution >= 0.6 is 11.6 Å². The molecule has 0 bridgehead atoms. The zero-order valence-corrected chi connectivity index (χ0v) is 16.0. The number of carbonyl (C=O) groups is 2. The molecule has 1 aliphatic rings. The van der Waals surface area contributed by atoms with Crippen LogP contribution in [-0.4, -0.2) is 28.0 Å². The molecule has 0 aliphatic carbocycles. The molecule has 4 rings (SSSR count). The Morgan fingerprint density at radius 3 is 2.82 bits per heavy atom. The van der Waals surface area contributed by atoms with E-state index in [0.29, 0.717) is 36.8 Å². The number of nitrogens with zero attached hydrogens (tertiary/aromatic N) is 2. The quantitative estimate of drug-likeness (QED) is 0.670. The lowest BCUT2D eigenvalue weighted by Gasteiger charge is -2.20. The van der Waals surface area contributed by atoms with Gasteiger partial charge in [-0.05, 0) is 30.2 Å². The molecule has 28 heavy (non-hydrogen) atoms. The van der Waals surface area contributed by atoms with Crippen molar-refractivity contribution in [3.8, 4) is 0 Å². The fourth-order valence-corrected chi connectivity index (χ4v) is 3.56. The van der Waals surface area contributed by atoms with Crippen LogP contribution in [0.3, 0.4) is 0 Å². The lowest BCUT2D eigenvalue weighted by atomic mass is 10.00. The fraction of sp³-hybridized carbons (Fsp3) is 0.286. The second-order valence-corrected chi connectivity index (χ2v) is 7.32. The van der Waals surface area contributed by atoms with Crippen LogP contribution in [0.1, 0.15) is 24.2 Å². The Balaban J connectivity index is 1.56. The van der Waals surface area contributed by atoms with Crippen molar-refractivity contribution in [1.82, 2.24) is 14.9 Å². The Morgan fingerprint density at radius 2 is 2.07 bits per heavy atom. The zero-order chi connectivity index (χ0) is 19.5. The van der Waals surface area contributed by atoms with E-state index in [0.717, 1.165) is 16.6 Å². The van der Waals surface area contributed by atoms with Crippen molar-refractivity contribution in [2.45, 2.75) is 26.0 Å². The molecule has 1 saturated heterocycles. The van der Waals surface area contributed by atoms with E-state index >= 15 is 0 Å². The molecular formula is C21H20ClN3O3. The minimum absolute atomic E-state index is 0.0226. The van der Waals surface area contributed by atoms with Crippen molar-refractivity contribution in [3.05, 3.63) is 64.9 Å². The van der Waals surface area contributed by atoms with E-state index in [-0.39, 0.29) is 24.4 Å². The van der Waals surface area contributed by atoms with Crippen LogP contribution in [0, 0.1) is 5.92 Å². The van der Waals surface area contributed by atoms with Gasteiger partial charge in [-0.1, -0.05) is 41.9 Å². The smallest absolute Gasteiger partial charge is 0.311 e. The van der Waals surface area contributed by atoms with E-state index in [1.54, 1.807) is 6.07 Å². The Bertz CT molecular complexity index is 1010. The molecule has 6 nitrogen and oxygen atoms in total. The maximum Gasteiger partial charge on any atom is 0.311 e. The van der Waals surface area contributed by atoms with Gasteiger partial charge in [0.1, 0.15) is 12.4 Å². The number of hydrogen-bond donors (Lipinski definition) is 1. The highest BCUT2D eigenvalue weighted by atomic mass is 35.5. The number of ether oxygens (including phenoxy) is 1. The highest BCUT2D eigenvalue weighted by Gasteiger charge is 2.26. The first-order valence-electron chi connectivity index (χ1n) is 9.22. The van der Waals surface area contributed by atoms with Gasteiger partial charge < -0.3 is 14.6 Å². The number of rotatable bonds is 5. The standard InChI is InChI=1S/C21H20ClN3O3/c22-16-7-8-18-17(10-16)24-19(25(18)12-14-4-2-1-3-5-14)13-28-21(27)15-6-9-20(26)23-11-15/h1-5,7-8,10,15H,6,9,11-13H2,(H,23,26)/t15-/m0/s1. The zero-order valence-electron chi connectivity index (χ0n) is 15.2. The fourth-order valence-electron chi connectivity index (χ4n) is 3.39. The first kappa shape index (κ1) is 18.5. The summed E-state index contributed by atoms with van der Waals surface area (Å²) in [6, 6.07) is 15.6. The van der Waals surface area contributed by atoms with Gasteiger partial charge in [0.2, 0.25) is 5.91 Å². The van der Waals surface area contributed by atoms with Crippen LogP contribution in [0.2, 0.25) is 5.02 Å². The summed E-state index contributed by atoms with van der Waals surface area (Å²) in [5.41, 5.74) is 2.82. The molecule has 7 heteroatoms. The summed E-state index contributed by atoms with van der Waals surface area (Å²) >= 11 is 6.11. The van der Waals surface area contributed by atoms with Crippen LogP contribution in [0.4, 0.5) is 0 Å². The summed E-state index contributed by atoms with van der Waals surface area (Å²) in [7, 11) is 0. The van der Waals surface area contributed by atoms with Crippen molar-refractivity contribution in [2.24, 2.45) is 5.92 Å². The lowest BCUT2D eigenvalue weighted by Crippen LogP contribution is -2.39. The van der Waals surface area contributed by atoms with E-state index in [1.165, 1.54) is 0 Å². The number of halogens is 1. The van der Waals surface area contributed by atoms with Gasteiger partial charge in [-0.25, -0.2) is 4.98 Å². The van der Waals surface area contributed by atoms with E-state index in [9.17, 15) is 9.59 Å². The molecule has 2 heterocycles.